The number of carbonyl (C=O) groups is 2. The van der Waals surface area contributed by atoms with Crippen LogP contribution in [0.4, 0.5) is 4.79 Å². The number of hydrogen-bond acceptors (Lipinski definition) is 5. The summed E-state index contributed by atoms with van der Waals surface area (Å²) in [6.07, 6.45) is 1.55. The highest BCUT2D eigenvalue weighted by atomic mass is 32.1. The third-order valence-corrected chi connectivity index (χ3v) is 2.39. The molecule has 0 aromatic heterocycles. The molecule has 0 heterocycles. The van der Waals surface area contributed by atoms with Crippen LogP contribution in [0.15, 0.2) is 0 Å². The molecule has 0 fully saturated rings. The van der Waals surface area contributed by atoms with Crippen molar-refractivity contribution in [2.45, 2.75) is 58.6 Å². The summed E-state index contributed by atoms with van der Waals surface area (Å²) in [4.78, 5) is 23.4. The molecule has 0 aromatic rings. The molecule has 112 valence electrons. The first-order valence-electron chi connectivity index (χ1n) is 6.57. The number of thiol groups is 1. The van der Waals surface area contributed by atoms with Crippen molar-refractivity contribution < 1.29 is 19.1 Å². The van der Waals surface area contributed by atoms with Crippen LogP contribution in [0.3, 0.4) is 0 Å². The SMILES string of the molecule is CCCCOC(=O)[C@H](CCS)NC(=O)OC(C)(C)C. The van der Waals surface area contributed by atoms with Gasteiger partial charge in [0, 0.05) is 0 Å². The molecule has 0 saturated carbocycles. The maximum Gasteiger partial charge on any atom is 0.408 e. The van der Waals surface area contributed by atoms with E-state index in [-0.39, 0.29) is 0 Å². The fraction of sp³-hybridized carbons (Fsp3) is 0.846. The predicted molar refractivity (Wildman–Crippen MR) is 77.5 cm³/mol. The molecule has 0 radical (unpaired) electrons. The third kappa shape index (κ3) is 9.64. The van der Waals surface area contributed by atoms with E-state index in [4.69, 9.17) is 9.47 Å². The van der Waals surface area contributed by atoms with Gasteiger partial charge in [-0.2, -0.15) is 12.6 Å². The van der Waals surface area contributed by atoms with E-state index in [1.54, 1.807) is 20.8 Å². The van der Waals surface area contributed by atoms with Gasteiger partial charge in [-0.05, 0) is 39.4 Å². The molecule has 0 aliphatic rings. The molecule has 0 saturated heterocycles. The number of alkyl carbamates (subject to hydrolysis) is 1. The van der Waals surface area contributed by atoms with Gasteiger partial charge in [0.1, 0.15) is 11.6 Å². The van der Waals surface area contributed by atoms with Gasteiger partial charge in [-0.3, -0.25) is 0 Å². The Morgan fingerprint density at radius 3 is 2.42 bits per heavy atom. The molecule has 1 N–H and O–H groups in total. The maximum atomic E-state index is 11.8. The number of ether oxygens (including phenoxy) is 2. The molecule has 19 heavy (non-hydrogen) atoms. The minimum Gasteiger partial charge on any atom is -0.464 e. The molecular weight excluding hydrogens is 266 g/mol. The Hall–Kier alpha value is -0.910. The lowest BCUT2D eigenvalue weighted by Gasteiger charge is -2.22. The highest BCUT2D eigenvalue weighted by Gasteiger charge is 2.24. The smallest absolute Gasteiger partial charge is 0.408 e. The summed E-state index contributed by atoms with van der Waals surface area (Å²) in [6.45, 7) is 7.67. The zero-order chi connectivity index (χ0) is 14.9. The van der Waals surface area contributed by atoms with E-state index < -0.39 is 23.7 Å². The predicted octanol–water partition coefficient (Wildman–Crippen LogP) is 2.54. The second-order valence-electron chi connectivity index (χ2n) is 5.23. The lowest BCUT2D eigenvalue weighted by Crippen LogP contribution is -2.44. The van der Waals surface area contributed by atoms with E-state index in [0.717, 1.165) is 12.8 Å². The van der Waals surface area contributed by atoms with Crippen molar-refractivity contribution in [1.82, 2.24) is 5.32 Å². The van der Waals surface area contributed by atoms with Crippen molar-refractivity contribution in [2.75, 3.05) is 12.4 Å². The average molecular weight is 291 g/mol. The number of esters is 1. The van der Waals surface area contributed by atoms with Gasteiger partial charge < -0.3 is 14.8 Å². The Balaban J connectivity index is 4.31. The Bertz CT molecular complexity index is 289. The van der Waals surface area contributed by atoms with E-state index in [9.17, 15) is 9.59 Å². The summed E-state index contributed by atoms with van der Waals surface area (Å²) in [6, 6.07) is -0.704. The molecule has 0 aliphatic carbocycles. The molecule has 1 atom stereocenters. The largest absolute Gasteiger partial charge is 0.464 e. The summed E-state index contributed by atoms with van der Waals surface area (Å²) in [7, 11) is 0. The average Bonchev–Trinajstić information content (AvgIpc) is 2.26. The molecule has 0 rings (SSSR count). The van der Waals surface area contributed by atoms with Crippen LogP contribution in [0, 0.1) is 0 Å². The topological polar surface area (TPSA) is 64.6 Å². The summed E-state index contributed by atoms with van der Waals surface area (Å²) >= 11 is 4.07. The van der Waals surface area contributed by atoms with Gasteiger partial charge in [0.2, 0.25) is 0 Å². The normalized spacial score (nSPS) is 12.7. The van der Waals surface area contributed by atoms with Gasteiger partial charge in [0.05, 0.1) is 6.61 Å². The van der Waals surface area contributed by atoms with Gasteiger partial charge in [-0.25, -0.2) is 9.59 Å². The number of rotatable bonds is 7. The van der Waals surface area contributed by atoms with Gasteiger partial charge in [0.25, 0.3) is 0 Å². The van der Waals surface area contributed by atoms with E-state index in [1.165, 1.54) is 0 Å². The number of amides is 1. The van der Waals surface area contributed by atoms with Crippen molar-refractivity contribution in [3.63, 3.8) is 0 Å². The molecule has 1 amide bonds. The van der Waals surface area contributed by atoms with E-state index >= 15 is 0 Å². The van der Waals surface area contributed by atoms with Crippen molar-refractivity contribution >= 4 is 24.7 Å². The van der Waals surface area contributed by atoms with Crippen LogP contribution in [-0.2, 0) is 14.3 Å². The van der Waals surface area contributed by atoms with Crippen LogP contribution in [-0.4, -0.2) is 36.1 Å². The van der Waals surface area contributed by atoms with E-state index in [1.807, 2.05) is 6.92 Å². The number of unbranched alkanes of at least 4 members (excludes halogenated alkanes) is 1. The lowest BCUT2D eigenvalue weighted by atomic mass is 10.2. The fourth-order valence-corrected chi connectivity index (χ4v) is 1.50. The van der Waals surface area contributed by atoms with Crippen LogP contribution in [0.1, 0.15) is 47.0 Å². The van der Waals surface area contributed by atoms with Gasteiger partial charge in [-0.1, -0.05) is 13.3 Å². The van der Waals surface area contributed by atoms with E-state index in [0.29, 0.717) is 18.8 Å². The second-order valence-corrected chi connectivity index (χ2v) is 5.68. The summed E-state index contributed by atoms with van der Waals surface area (Å²) in [5.41, 5.74) is -0.596. The Morgan fingerprint density at radius 1 is 1.32 bits per heavy atom. The number of nitrogens with one attached hydrogen (secondary N) is 1. The molecule has 5 nitrogen and oxygen atoms in total. The second kappa shape index (κ2) is 9.07. The minimum atomic E-state index is -0.704. The zero-order valence-electron chi connectivity index (χ0n) is 12.2. The van der Waals surface area contributed by atoms with Gasteiger partial charge in [0.15, 0.2) is 0 Å². The highest BCUT2D eigenvalue weighted by molar-refractivity contribution is 7.80. The maximum absolute atomic E-state index is 11.8. The summed E-state index contributed by atoms with van der Waals surface area (Å²) in [5, 5.41) is 2.52. The highest BCUT2D eigenvalue weighted by Crippen LogP contribution is 2.08. The Kier molecular flexibility index (Phi) is 8.63. The zero-order valence-corrected chi connectivity index (χ0v) is 13.1. The van der Waals surface area contributed by atoms with Crippen LogP contribution >= 0.6 is 12.6 Å². The number of carbonyl (C=O) groups excluding carboxylic acids is 2. The van der Waals surface area contributed by atoms with Crippen molar-refractivity contribution in [1.29, 1.82) is 0 Å². The van der Waals surface area contributed by atoms with Crippen molar-refractivity contribution in [3.8, 4) is 0 Å². The van der Waals surface area contributed by atoms with Crippen molar-refractivity contribution in [2.24, 2.45) is 0 Å². The molecule has 0 unspecified atom stereocenters. The summed E-state index contributed by atoms with van der Waals surface area (Å²) in [5.74, 6) is 0.0388. The van der Waals surface area contributed by atoms with Crippen LogP contribution in [0.25, 0.3) is 0 Å². The minimum absolute atomic E-state index is 0.369. The number of hydrogen-bond donors (Lipinski definition) is 2. The monoisotopic (exact) mass is 291 g/mol. The third-order valence-electron chi connectivity index (χ3n) is 2.14. The van der Waals surface area contributed by atoms with Crippen molar-refractivity contribution in [3.05, 3.63) is 0 Å². The van der Waals surface area contributed by atoms with Gasteiger partial charge in [-0.15, -0.1) is 0 Å². The van der Waals surface area contributed by atoms with Gasteiger partial charge >= 0.3 is 12.1 Å². The van der Waals surface area contributed by atoms with Crippen LogP contribution in [0.5, 0.6) is 0 Å². The lowest BCUT2D eigenvalue weighted by molar-refractivity contribution is -0.146. The Morgan fingerprint density at radius 2 is 1.95 bits per heavy atom. The fourth-order valence-electron chi connectivity index (χ4n) is 1.25. The molecule has 6 heteroatoms. The van der Waals surface area contributed by atoms with E-state index in [2.05, 4.69) is 17.9 Å². The first-order chi connectivity index (χ1) is 8.80. The van der Waals surface area contributed by atoms with Crippen LogP contribution < -0.4 is 5.32 Å². The standard InChI is InChI=1S/C13H25NO4S/c1-5-6-8-17-11(15)10(7-9-19)14-12(16)18-13(2,3)4/h10,19H,5-9H2,1-4H3,(H,14,16)/t10-/m0/s1. The first-order valence-corrected chi connectivity index (χ1v) is 7.20. The molecule has 0 aliphatic heterocycles. The Labute approximate surface area is 120 Å². The molecular formula is C13H25NO4S. The molecule has 0 aromatic carbocycles. The first kappa shape index (κ1) is 18.1. The van der Waals surface area contributed by atoms with Crippen LogP contribution in [0.2, 0.25) is 0 Å². The molecule has 0 bridgehead atoms. The molecule has 0 spiro atoms. The quantitative estimate of drug-likeness (QED) is 0.430. The summed E-state index contributed by atoms with van der Waals surface area (Å²) < 4.78 is 10.2.